The Labute approximate surface area is 182 Å². The Morgan fingerprint density at radius 1 is 0.839 bits per heavy atom. The summed E-state index contributed by atoms with van der Waals surface area (Å²) in [7, 11) is 4.09. The summed E-state index contributed by atoms with van der Waals surface area (Å²) in [5.74, 6) is 0.213. The van der Waals surface area contributed by atoms with E-state index < -0.39 is 0 Å². The van der Waals surface area contributed by atoms with Gasteiger partial charge in [-0.1, -0.05) is 42.5 Å². The molecule has 0 amide bonds. The summed E-state index contributed by atoms with van der Waals surface area (Å²) in [4.78, 5) is 15.1. The lowest BCUT2D eigenvalue weighted by Crippen LogP contribution is -2.39. The Kier molecular flexibility index (Phi) is 4.87. The number of aromatic nitrogens is 1. The second-order valence-corrected chi connectivity index (χ2v) is 8.22. The summed E-state index contributed by atoms with van der Waals surface area (Å²) in [5.41, 5.74) is 7.51. The molecular formula is C28H25N2O+. The average molecular weight is 406 g/mol. The molecule has 0 atom stereocenters. The molecule has 3 heteroatoms. The van der Waals surface area contributed by atoms with Crippen LogP contribution >= 0.6 is 0 Å². The minimum atomic E-state index is 0.213. The van der Waals surface area contributed by atoms with Crippen LogP contribution in [0.3, 0.4) is 0 Å². The number of Topliss-reactive ketones (excluding diaryl/α,β-unsaturated/α-hetero) is 1. The minimum Gasteiger partial charge on any atom is -0.378 e. The number of rotatable bonds is 3. The van der Waals surface area contributed by atoms with E-state index in [4.69, 9.17) is 0 Å². The van der Waals surface area contributed by atoms with Gasteiger partial charge >= 0.3 is 0 Å². The number of fused-ring (bicyclic) bond motifs is 2. The summed E-state index contributed by atoms with van der Waals surface area (Å²) in [6.45, 7) is 0. The molecular weight excluding hydrogens is 380 g/mol. The van der Waals surface area contributed by atoms with Crippen LogP contribution in [-0.4, -0.2) is 19.9 Å². The SMILES string of the molecule is CN(C)c1ccc(C=C2CCC(=O)c3cc4ccccc4[n+](-c4ccccc4)c32)cc1. The number of para-hydroxylation sites is 2. The molecule has 0 aliphatic heterocycles. The maximum absolute atomic E-state index is 13.0. The van der Waals surface area contributed by atoms with E-state index in [2.05, 4.69) is 76.2 Å². The zero-order valence-electron chi connectivity index (χ0n) is 17.9. The van der Waals surface area contributed by atoms with E-state index in [1.54, 1.807) is 0 Å². The summed E-state index contributed by atoms with van der Waals surface area (Å²) in [5, 5.41) is 1.08. The van der Waals surface area contributed by atoms with Crippen LogP contribution in [0.4, 0.5) is 5.69 Å². The Balaban J connectivity index is 1.77. The Bertz CT molecular complexity index is 1300. The van der Waals surface area contributed by atoms with Gasteiger partial charge < -0.3 is 4.90 Å². The largest absolute Gasteiger partial charge is 0.378 e. The van der Waals surface area contributed by atoms with Gasteiger partial charge in [0.1, 0.15) is 0 Å². The van der Waals surface area contributed by atoms with Crippen LogP contribution in [0, 0.1) is 0 Å². The van der Waals surface area contributed by atoms with Crippen LogP contribution in [0.2, 0.25) is 0 Å². The van der Waals surface area contributed by atoms with Gasteiger partial charge in [0, 0.05) is 55.4 Å². The van der Waals surface area contributed by atoms with Gasteiger partial charge in [0.25, 0.3) is 0 Å². The highest BCUT2D eigenvalue weighted by Crippen LogP contribution is 2.33. The zero-order valence-corrected chi connectivity index (χ0v) is 17.9. The van der Waals surface area contributed by atoms with Crippen LogP contribution in [0.5, 0.6) is 0 Å². The fourth-order valence-corrected chi connectivity index (χ4v) is 4.36. The number of carbonyl (C=O) groups excluding carboxylic acids is 1. The van der Waals surface area contributed by atoms with Gasteiger partial charge in [-0.2, -0.15) is 4.57 Å². The van der Waals surface area contributed by atoms with Gasteiger partial charge in [-0.25, -0.2) is 0 Å². The number of anilines is 1. The van der Waals surface area contributed by atoms with Crippen molar-refractivity contribution in [1.29, 1.82) is 0 Å². The minimum absolute atomic E-state index is 0.213. The number of nitrogens with zero attached hydrogens (tertiary/aromatic N) is 2. The molecule has 0 N–H and O–H groups in total. The molecule has 5 rings (SSSR count). The summed E-state index contributed by atoms with van der Waals surface area (Å²) >= 11 is 0. The summed E-state index contributed by atoms with van der Waals surface area (Å²) in [6, 6.07) is 29.2. The molecule has 4 aromatic rings. The van der Waals surface area contributed by atoms with Gasteiger partial charge in [0.15, 0.2) is 5.78 Å². The van der Waals surface area contributed by atoms with E-state index >= 15 is 0 Å². The average Bonchev–Trinajstić information content (AvgIpc) is 2.80. The van der Waals surface area contributed by atoms with Crippen molar-refractivity contribution in [2.45, 2.75) is 12.8 Å². The molecule has 1 aliphatic carbocycles. The van der Waals surface area contributed by atoms with Gasteiger partial charge in [-0.3, -0.25) is 4.79 Å². The van der Waals surface area contributed by atoms with Gasteiger partial charge in [0.2, 0.25) is 16.9 Å². The first kappa shape index (κ1) is 19.3. The van der Waals surface area contributed by atoms with Crippen molar-refractivity contribution in [1.82, 2.24) is 0 Å². The molecule has 1 aliphatic rings. The Hall–Kier alpha value is -3.72. The standard InChI is InChI=1S/C28H25N2O/c1-29(2)23-15-12-20(13-16-23)18-22-14-17-27(31)25-19-21-8-6-7-11-26(21)30(28(22)25)24-9-4-3-5-10-24/h3-13,15-16,18-19H,14,17H2,1-2H3/q+1. The predicted molar refractivity (Wildman–Crippen MR) is 128 cm³/mol. The van der Waals surface area contributed by atoms with E-state index in [9.17, 15) is 4.79 Å². The van der Waals surface area contributed by atoms with E-state index in [0.717, 1.165) is 39.8 Å². The molecule has 0 radical (unpaired) electrons. The molecule has 152 valence electrons. The van der Waals surface area contributed by atoms with Crippen molar-refractivity contribution in [3.8, 4) is 5.69 Å². The number of benzene rings is 3. The topological polar surface area (TPSA) is 24.2 Å². The Morgan fingerprint density at radius 3 is 2.29 bits per heavy atom. The van der Waals surface area contributed by atoms with Crippen molar-refractivity contribution in [3.63, 3.8) is 0 Å². The van der Waals surface area contributed by atoms with E-state index in [1.807, 2.05) is 38.4 Å². The van der Waals surface area contributed by atoms with Crippen molar-refractivity contribution in [3.05, 3.63) is 102 Å². The van der Waals surface area contributed by atoms with Crippen LogP contribution in [0.15, 0.2) is 84.9 Å². The number of carbonyl (C=O) groups is 1. The third kappa shape index (κ3) is 3.53. The molecule has 0 fully saturated rings. The number of allylic oxidation sites excluding steroid dienone is 1. The lowest BCUT2D eigenvalue weighted by atomic mass is 9.87. The fourth-order valence-electron chi connectivity index (χ4n) is 4.36. The molecule has 0 spiro atoms. The first-order valence-electron chi connectivity index (χ1n) is 10.7. The van der Waals surface area contributed by atoms with Gasteiger partial charge in [-0.15, -0.1) is 0 Å². The van der Waals surface area contributed by atoms with E-state index in [1.165, 1.54) is 11.3 Å². The van der Waals surface area contributed by atoms with Crippen molar-refractivity contribution in [2.24, 2.45) is 0 Å². The second kappa shape index (κ2) is 7.84. The van der Waals surface area contributed by atoms with Gasteiger partial charge in [0.05, 0.1) is 5.56 Å². The number of ketones is 1. The molecule has 3 aromatic carbocycles. The smallest absolute Gasteiger partial charge is 0.225 e. The third-order valence-electron chi connectivity index (χ3n) is 5.95. The number of pyridine rings is 1. The van der Waals surface area contributed by atoms with Crippen molar-refractivity contribution < 1.29 is 9.36 Å². The zero-order chi connectivity index (χ0) is 21.4. The van der Waals surface area contributed by atoms with Crippen LogP contribution < -0.4 is 9.47 Å². The third-order valence-corrected chi connectivity index (χ3v) is 5.95. The second-order valence-electron chi connectivity index (χ2n) is 8.22. The number of hydrogen-bond acceptors (Lipinski definition) is 2. The highest BCUT2D eigenvalue weighted by atomic mass is 16.1. The molecule has 1 aromatic heterocycles. The first-order valence-corrected chi connectivity index (χ1v) is 10.7. The lowest BCUT2D eigenvalue weighted by molar-refractivity contribution is -0.570. The predicted octanol–water partition coefficient (Wildman–Crippen LogP) is 5.70. The van der Waals surface area contributed by atoms with Crippen molar-refractivity contribution >= 4 is 34.0 Å². The number of hydrogen-bond donors (Lipinski definition) is 0. The van der Waals surface area contributed by atoms with Crippen molar-refractivity contribution in [2.75, 3.05) is 19.0 Å². The van der Waals surface area contributed by atoms with Crippen LogP contribution in [0.25, 0.3) is 28.2 Å². The monoisotopic (exact) mass is 405 g/mol. The molecule has 1 heterocycles. The molecule has 0 bridgehead atoms. The maximum Gasteiger partial charge on any atom is 0.225 e. The highest BCUT2D eigenvalue weighted by molar-refractivity contribution is 6.06. The van der Waals surface area contributed by atoms with E-state index in [-0.39, 0.29) is 5.78 Å². The molecule has 3 nitrogen and oxygen atoms in total. The van der Waals surface area contributed by atoms with Crippen LogP contribution in [-0.2, 0) is 0 Å². The molecule has 0 unspecified atom stereocenters. The van der Waals surface area contributed by atoms with Gasteiger partial charge in [-0.05, 0) is 42.3 Å². The normalized spacial score (nSPS) is 14.6. The summed E-state index contributed by atoms with van der Waals surface area (Å²) in [6.07, 6.45) is 3.52. The summed E-state index contributed by atoms with van der Waals surface area (Å²) < 4.78 is 2.25. The molecule has 0 saturated carbocycles. The Morgan fingerprint density at radius 2 is 1.55 bits per heavy atom. The maximum atomic E-state index is 13.0. The first-order chi connectivity index (χ1) is 15.1. The highest BCUT2D eigenvalue weighted by Gasteiger charge is 2.32. The molecule has 0 saturated heterocycles. The van der Waals surface area contributed by atoms with E-state index in [0.29, 0.717) is 6.42 Å². The van der Waals surface area contributed by atoms with Crippen LogP contribution in [0.1, 0.15) is 34.5 Å². The quantitative estimate of drug-likeness (QED) is 0.408. The fraction of sp³-hybridized carbons (Fsp3) is 0.143. The molecule has 31 heavy (non-hydrogen) atoms. The lowest BCUT2D eigenvalue weighted by Gasteiger charge is -2.18.